The van der Waals surface area contributed by atoms with Crippen molar-refractivity contribution in [2.75, 3.05) is 13.7 Å². The molecule has 2 rings (SSSR count). The van der Waals surface area contributed by atoms with Gasteiger partial charge in [0, 0.05) is 13.7 Å². The second-order valence-corrected chi connectivity index (χ2v) is 5.65. The lowest BCUT2D eigenvalue weighted by molar-refractivity contribution is -0.134. The van der Waals surface area contributed by atoms with E-state index in [0.29, 0.717) is 6.54 Å². The molecule has 20 heavy (non-hydrogen) atoms. The van der Waals surface area contributed by atoms with Crippen LogP contribution in [0.1, 0.15) is 38.9 Å². The summed E-state index contributed by atoms with van der Waals surface area (Å²) in [6, 6.07) is 10.1. The molecule has 1 saturated heterocycles. The number of hydrogen-bond acceptors (Lipinski definition) is 3. The minimum absolute atomic E-state index is 0.0196. The monoisotopic (exact) mass is 276 g/mol. The first-order valence-corrected chi connectivity index (χ1v) is 7.18. The number of nitrogens with zero attached hydrogens (tertiary/aromatic N) is 1. The zero-order chi connectivity index (χ0) is 14.8. The fraction of sp³-hybridized carbons (Fsp3) is 0.562. The van der Waals surface area contributed by atoms with Gasteiger partial charge < -0.3 is 9.64 Å². The number of rotatable bonds is 5. The van der Waals surface area contributed by atoms with Crippen LogP contribution in [0.15, 0.2) is 30.3 Å². The van der Waals surface area contributed by atoms with Crippen LogP contribution in [-0.2, 0) is 9.53 Å². The molecule has 0 aromatic heterocycles. The number of carbonyl (C=O) groups is 1. The van der Waals surface area contributed by atoms with Crippen molar-refractivity contribution in [1.29, 1.82) is 0 Å². The minimum Gasteiger partial charge on any atom is -0.380 e. The lowest BCUT2D eigenvalue weighted by Crippen LogP contribution is -2.43. The molecule has 1 aromatic rings. The molecule has 4 nitrogen and oxygen atoms in total. The third kappa shape index (κ3) is 2.72. The van der Waals surface area contributed by atoms with Gasteiger partial charge in [-0.2, -0.15) is 0 Å². The van der Waals surface area contributed by atoms with Gasteiger partial charge in [-0.15, -0.1) is 0 Å². The summed E-state index contributed by atoms with van der Waals surface area (Å²) in [5.74, 6) is 0.151. The van der Waals surface area contributed by atoms with Gasteiger partial charge >= 0.3 is 0 Å². The van der Waals surface area contributed by atoms with Crippen LogP contribution in [0.2, 0.25) is 0 Å². The predicted molar refractivity (Wildman–Crippen MR) is 79.2 cm³/mol. The highest BCUT2D eigenvalue weighted by Crippen LogP contribution is 2.32. The normalized spacial score (nSPS) is 27.9. The van der Waals surface area contributed by atoms with Crippen molar-refractivity contribution in [1.82, 2.24) is 10.2 Å². The summed E-state index contributed by atoms with van der Waals surface area (Å²) in [6.45, 7) is 6.59. The van der Waals surface area contributed by atoms with E-state index in [9.17, 15) is 4.79 Å². The average Bonchev–Trinajstić information content (AvgIpc) is 2.73. The van der Waals surface area contributed by atoms with Crippen LogP contribution in [0.4, 0.5) is 0 Å². The quantitative estimate of drug-likeness (QED) is 0.897. The average molecular weight is 276 g/mol. The van der Waals surface area contributed by atoms with Crippen LogP contribution in [0.3, 0.4) is 0 Å². The van der Waals surface area contributed by atoms with Gasteiger partial charge in [-0.05, 0) is 25.8 Å². The Labute approximate surface area is 121 Å². The molecule has 0 spiro atoms. The Kier molecular flexibility index (Phi) is 4.45. The summed E-state index contributed by atoms with van der Waals surface area (Å²) in [4.78, 5) is 14.6. The number of ether oxygens (including phenoxy) is 1. The first kappa shape index (κ1) is 15.0. The number of hydrogen-bond donors (Lipinski definition) is 1. The molecule has 0 aliphatic carbocycles. The van der Waals surface area contributed by atoms with Crippen molar-refractivity contribution in [2.45, 2.75) is 45.0 Å². The summed E-state index contributed by atoms with van der Waals surface area (Å²) >= 11 is 0. The molecule has 1 aromatic carbocycles. The Bertz CT molecular complexity index is 463. The van der Waals surface area contributed by atoms with Crippen LogP contribution in [-0.4, -0.2) is 36.1 Å². The van der Waals surface area contributed by atoms with Crippen LogP contribution in [0, 0.1) is 0 Å². The Morgan fingerprint density at radius 2 is 2.05 bits per heavy atom. The molecule has 1 fully saturated rings. The minimum atomic E-state index is -0.492. The topological polar surface area (TPSA) is 41.6 Å². The second-order valence-electron chi connectivity index (χ2n) is 5.65. The van der Waals surface area contributed by atoms with E-state index in [-0.39, 0.29) is 18.2 Å². The van der Waals surface area contributed by atoms with Crippen molar-refractivity contribution < 1.29 is 9.53 Å². The van der Waals surface area contributed by atoms with E-state index in [1.54, 1.807) is 7.11 Å². The van der Waals surface area contributed by atoms with Gasteiger partial charge in [-0.25, -0.2) is 0 Å². The number of benzene rings is 1. The molecule has 110 valence electrons. The molecule has 1 N–H and O–H groups in total. The molecule has 1 heterocycles. The summed E-state index contributed by atoms with van der Waals surface area (Å²) in [7, 11) is 1.68. The molecular formula is C16H24N2O2. The van der Waals surface area contributed by atoms with Gasteiger partial charge in [0.2, 0.25) is 5.91 Å². The van der Waals surface area contributed by atoms with Crippen LogP contribution in [0.5, 0.6) is 0 Å². The zero-order valence-corrected chi connectivity index (χ0v) is 12.7. The number of methoxy groups -OCH3 is 1. The third-order valence-electron chi connectivity index (χ3n) is 4.18. The van der Waals surface area contributed by atoms with E-state index >= 15 is 0 Å². The van der Waals surface area contributed by atoms with Gasteiger partial charge in [-0.1, -0.05) is 37.3 Å². The first-order valence-electron chi connectivity index (χ1n) is 7.18. The fourth-order valence-corrected chi connectivity index (χ4v) is 2.57. The zero-order valence-electron chi connectivity index (χ0n) is 12.7. The van der Waals surface area contributed by atoms with E-state index < -0.39 is 5.54 Å². The lowest BCUT2D eigenvalue weighted by Gasteiger charge is -2.26. The SMILES string of the molecule is CCC1(C)NC(c2ccccc2)N(CC(C)OC)C1=O. The standard InChI is InChI=1S/C16H24N2O2/c1-5-16(3)15(19)18(11-12(2)20-4)14(17-16)13-9-7-6-8-10-13/h6-10,12,14,17H,5,11H2,1-4H3. The highest BCUT2D eigenvalue weighted by molar-refractivity contribution is 5.88. The van der Waals surface area contributed by atoms with Gasteiger partial charge in [0.25, 0.3) is 0 Å². The Morgan fingerprint density at radius 3 is 2.60 bits per heavy atom. The third-order valence-corrected chi connectivity index (χ3v) is 4.18. The largest absolute Gasteiger partial charge is 0.380 e. The van der Waals surface area contributed by atoms with Crippen molar-refractivity contribution >= 4 is 5.91 Å². The smallest absolute Gasteiger partial charge is 0.244 e. The van der Waals surface area contributed by atoms with E-state index in [0.717, 1.165) is 12.0 Å². The molecule has 0 bridgehead atoms. The Balaban J connectivity index is 2.30. The van der Waals surface area contributed by atoms with Crippen molar-refractivity contribution in [3.05, 3.63) is 35.9 Å². The summed E-state index contributed by atoms with van der Waals surface area (Å²) in [5.41, 5.74) is 0.620. The Hall–Kier alpha value is -1.39. The van der Waals surface area contributed by atoms with E-state index in [1.165, 1.54) is 0 Å². The van der Waals surface area contributed by atoms with Crippen molar-refractivity contribution in [3.8, 4) is 0 Å². The molecular weight excluding hydrogens is 252 g/mol. The molecule has 1 aliphatic heterocycles. The number of amides is 1. The van der Waals surface area contributed by atoms with Gasteiger partial charge in [0.15, 0.2) is 0 Å². The highest BCUT2D eigenvalue weighted by atomic mass is 16.5. The molecule has 3 unspecified atom stereocenters. The molecule has 0 saturated carbocycles. The van der Waals surface area contributed by atoms with Crippen LogP contribution < -0.4 is 5.32 Å². The molecule has 1 aliphatic rings. The van der Waals surface area contributed by atoms with Gasteiger partial charge in [-0.3, -0.25) is 10.1 Å². The maximum absolute atomic E-state index is 12.7. The number of nitrogens with one attached hydrogen (secondary N) is 1. The molecule has 0 radical (unpaired) electrons. The van der Waals surface area contributed by atoms with E-state index in [1.807, 2.05) is 43.9 Å². The summed E-state index contributed by atoms with van der Waals surface area (Å²) in [5, 5.41) is 3.48. The van der Waals surface area contributed by atoms with Crippen LogP contribution >= 0.6 is 0 Å². The van der Waals surface area contributed by atoms with E-state index in [2.05, 4.69) is 17.4 Å². The summed E-state index contributed by atoms with van der Waals surface area (Å²) in [6.07, 6.45) is 0.713. The molecule has 1 amide bonds. The predicted octanol–water partition coefficient (Wildman–Crippen LogP) is 2.32. The second kappa shape index (κ2) is 5.94. The van der Waals surface area contributed by atoms with Crippen LogP contribution in [0.25, 0.3) is 0 Å². The van der Waals surface area contributed by atoms with Gasteiger partial charge in [0.05, 0.1) is 11.6 Å². The fourth-order valence-electron chi connectivity index (χ4n) is 2.57. The maximum atomic E-state index is 12.7. The van der Waals surface area contributed by atoms with Gasteiger partial charge in [0.1, 0.15) is 6.17 Å². The summed E-state index contributed by atoms with van der Waals surface area (Å²) < 4.78 is 5.32. The molecule has 3 atom stereocenters. The highest BCUT2D eigenvalue weighted by Gasteiger charge is 2.47. The van der Waals surface area contributed by atoms with Crippen molar-refractivity contribution in [2.24, 2.45) is 0 Å². The lowest BCUT2D eigenvalue weighted by atomic mass is 9.99. The van der Waals surface area contributed by atoms with Crippen molar-refractivity contribution in [3.63, 3.8) is 0 Å². The number of carbonyl (C=O) groups excluding carboxylic acids is 1. The Morgan fingerprint density at radius 1 is 1.40 bits per heavy atom. The first-order chi connectivity index (χ1) is 9.51. The molecule has 4 heteroatoms. The van der Waals surface area contributed by atoms with E-state index in [4.69, 9.17) is 4.74 Å². The maximum Gasteiger partial charge on any atom is 0.244 e.